The maximum atomic E-state index is 5.43. The van der Waals surface area contributed by atoms with Gasteiger partial charge in [-0.3, -0.25) is 5.10 Å². The standard InChI is InChI=1S/C14H19N3O/c1-4-18-12-7-5-11(6-8-12)14-10(2)13(9-15-3)16-17-14/h5-8,15H,4,9H2,1-3H3,(H,16,17). The van der Waals surface area contributed by atoms with Crippen molar-refractivity contribution in [1.29, 1.82) is 0 Å². The van der Waals surface area contributed by atoms with E-state index in [1.54, 1.807) is 0 Å². The lowest BCUT2D eigenvalue weighted by molar-refractivity contribution is 0.340. The van der Waals surface area contributed by atoms with E-state index in [2.05, 4.69) is 22.4 Å². The van der Waals surface area contributed by atoms with E-state index in [0.717, 1.165) is 29.2 Å². The molecule has 0 radical (unpaired) electrons. The molecule has 2 N–H and O–H groups in total. The van der Waals surface area contributed by atoms with Crippen LogP contribution in [0.3, 0.4) is 0 Å². The molecule has 18 heavy (non-hydrogen) atoms. The molecule has 96 valence electrons. The Kier molecular flexibility index (Phi) is 3.99. The van der Waals surface area contributed by atoms with Crippen molar-refractivity contribution in [3.05, 3.63) is 35.5 Å². The minimum Gasteiger partial charge on any atom is -0.494 e. The van der Waals surface area contributed by atoms with Gasteiger partial charge in [0.1, 0.15) is 5.75 Å². The van der Waals surface area contributed by atoms with Crippen LogP contribution < -0.4 is 10.1 Å². The Balaban J connectivity index is 2.25. The molecule has 0 amide bonds. The molecule has 1 aromatic carbocycles. The Morgan fingerprint density at radius 1 is 1.28 bits per heavy atom. The van der Waals surface area contributed by atoms with E-state index >= 15 is 0 Å². The normalized spacial score (nSPS) is 10.6. The predicted octanol–water partition coefficient (Wildman–Crippen LogP) is 2.50. The topological polar surface area (TPSA) is 49.9 Å². The molecule has 0 unspecified atom stereocenters. The minimum absolute atomic E-state index is 0.688. The number of H-pyrrole nitrogens is 1. The summed E-state index contributed by atoms with van der Waals surface area (Å²) in [4.78, 5) is 0. The number of nitrogens with zero attached hydrogens (tertiary/aromatic N) is 1. The van der Waals surface area contributed by atoms with E-state index in [9.17, 15) is 0 Å². The van der Waals surface area contributed by atoms with Gasteiger partial charge in [0.2, 0.25) is 0 Å². The number of aromatic nitrogens is 2. The first-order valence-corrected chi connectivity index (χ1v) is 6.18. The number of benzene rings is 1. The molecule has 0 saturated heterocycles. The van der Waals surface area contributed by atoms with Crippen LogP contribution in [-0.4, -0.2) is 23.9 Å². The number of rotatable bonds is 5. The van der Waals surface area contributed by atoms with Crippen LogP contribution in [0.4, 0.5) is 0 Å². The maximum absolute atomic E-state index is 5.43. The third kappa shape index (κ3) is 2.54. The SMILES string of the molecule is CCOc1ccc(-c2n[nH]c(CNC)c2C)cc1. The van der Waals surface area contributed by atoms with Crippen LogP contribution >= 0.6 is 0 Å². The first-order valence-electron chi connectivity index (χ1n) is 6.18. The van der Waals surface area contributed by atoms with Gasteiger partial charge in [-0.1, -0.05) is 0 Å². The van der Waals surface area contributed by atoms with Crippen molar-refractivity contribution in [2.45, 2.75) is 20.4 Å². The van der Waals surface area contributed by atoms with Gasteiger partial charge >= 0.3 is 0 Å². The molecule has 0 saturated carbocycles. The number of ether oxygens (including phenoxy) is 1. The van der Waals surface area contributed by atoms with Crippen molar-refractivity contribution in [3.63, 3.8) is 0 Å². The van der Waals surface area contributed by atoms with Gasteiger partial charge in [-0.2, -0.15) is 5.10 Å². The molecule has 2 rings (SSSR count). The maximum Gasteiger partial charge on any atom is 0.119 e. The first kappa shape index (κ1) is 12.6. The number of hydrogen-bond donors (Lipinski definition) is 2. The minimum atomic E-state index is 0.688. The van der Waals surface area contributed by atoms with Crippen molar-refractivity contribution >= 4 is 0 Å². The van der Waals surface area contributed by atoms with E-state index in [1.807, 2.05) is 38.2 Å². The van der Waals surface area contributed by atoms with Crippen molar-refractivity contribution in [2.24, 2.45) is 0 Å². The highest BCUT2D eigenvalue weighted by Crippen LogP contribution is 2.25. The van der Waals surface area contributed by atoms with E-state index in [-0.39, 0.29) is 0 Å². The summed E-state index contributed by atoms with van der Waals surface area (Å²) >= 11 is 0. The molecule has 2 aromatic rings. The molecule has 4 heteroatoms. The van der Waals surface area contributed by atoms with Crippen molar-refractivity contribution in [2.75, 3.05) is 13.7 Å². The molecular formula is C14H19N3O. The monoisotopic (exact) mass is 245 g/mol. The average molecular weight is 245 g/mol. The third-order valence-corrected chi connectivity index (χ3v) is 2.90. The summed E-state index contributed by atoms with van der Waals surface area (Å²) in [6.07, 6.45) is 0. The van der Waals surface area contributed by atoms with E-state index in [1.165, 1.54) is 5.56 Å². The third-order valence-electron chi connectivity index (χ3n) is 2.90. The van der Waals surface area contributed by atoms with Crippen LogP contribution in [0.25, 0.3) is 11.3 Å². The first-order chi connectivity index (χ1) is 8.76. The summed E-state index contributed by atoms with van der Waals surface area (Å²) in [7, 11) is 1.93. The fourth-order valence-electron chi connectivity index (χ4n) is 1.94. The van der Waals surface area contributed by atoms with Gasteiger partial charge in [0.25, 0.3) is 0 Å². The lowest BCUT2D eigenvalue weighted by Crippen LogP contribution is -2.06. The van der Waals surface area contributed by atoms with Crippen LogP contribution in [0.15, 0.2) is 24.3 Å². The van der Waals surface area contributed by atoms with Crippen LogP contribution in [0.2, 0.25) is 0 Å². The van der Waals surface area contributed by atoms with Gasteiger partial charge in [0.05, 0.1) is 18.0 Å². The summed E-state index contributed by atoms with van der Waals surface area (Å²) in [5, 5.41) is 10.6. The van der Waals surface area contributed by atoms with Crippen molar-refractivity contribution in [1.82, 2.24) is 15.5 Å². The Labute approximate surface area is 107 Å². The van der Waals surface area contributed by atoms with Gasteiger partial charge in [-0.15, -0.1) is 0 Å². The Bertz CT molecular complexity index is 502. The number of aromatic amines is 1. The largest absolute Gasteiger partial charge is 0.494 e. The van der Waals surface area contributed by atoms with Crippen molar-refractivity contribution in [3.8, 4) is 17.0 Å². The lowest BCUT2D eigenvalue weighted by Gasteiger charge is -2.04. The van der Waals surface area contributed by atoms with Gasteiger partial charge in [0, 0.05) is 12.1 Å². The summed E-state index contributed by atoms with van der Waals surface area (Å²) in [5.74, 6) is 0.893. The average Bonchev–Trinajstić information content (AvgIpc) is 2.73. The van der Waals surface area contributed by atoms with E-state index in [4.69, 9.17) is 4.74 Å². The molecule has 0 aliphatic carbocycles. The van der Waals surface area contributed by atoms with Crippen molar-refractivity contribution < 1.29 is 4.74 Å². The molecular weight excluding hydrogens is 226 g/mol. The molecule has 1 aromatic heterocycles. The molecule has 0 aliphatic rings. The lowest BCUT2D eigenvalue weighted by atomic mass is 10.1. The second-order valence-electron chi connectivity index (χ2n) is 4.16. The van der Waals surface area contributed by atoms with E-state index in [0.29, 0.717) is 6.61 Å². The Morgan fingerprint density at radius 2 is 2.00 bits per heavy atom. The second-order valence-corrected chi connectivity index (χ2v) is 4.16. The summed E-state index contributed by atoms with van der Waals surface area (Å²) in [6, 6.07) is 8.03. The smallest absolute Gasteiger partial charge is 0.119 e. The fraction of sp³-hybridized carbons (Fsp3) is 0.357. The molecule has 0 aliphatic heterocycles. The highest BCUT2D eigenvalue weighted by atomic mass is 16.5. The summed E-state index contributed by atoms with van der Waals surface area (Å²) < 4.78 is 5.43. The highest BCUT2D eigenvalue weighted by Gasteiger charge is 2.10. The number of nitrogens with one attached hydrogen (secondary N) is 2. The fourth-order valence-corrected chi connectivity index (χ4v) is 1.94. The number of hydrogen-bond acceptors (Lipinski definition) is 3. The van der Waals surface area contributed by atoms with Crippen LogP contribution in [0.5, 0.6) is 5.75 Å². The zero-order chi connectivity index (χ0) is 13.0. The molecule has 0 fully saturated rings. The quantitative estimate of drug-likeness (QED) is 0.851. The summed E-state index contributed by atoms with van der Waals surface area (Å²) in [6.45, 7) is 5.56. The molecule has 0 atom stereocenters. The van der Waals surface area contributed by atoms with E-state index < -0.39 is 0 Å². The predicted molar refractivity (Wildman–Crippen MR) is 72.7 cm³/mol. The molecule has 1 heterocycles. The molecule has 4 nitrogen and oxygen atoms in total. The molecule has 0 bridgehead atoms. The van der Waals surface area contributed by atoms with Gasteiger partial charge in [-0.05, 0) is 50.7 Å². The van der Waals surface area contributed by atoms with Gasteiger partial charge < -0.3 is 10.1 Å². The zero-order valence-electron chi connectivity index (χ0n) is 11.1. The summed E-state index contributed by atoms with van der Waals surface area (Å²) in [5.41, 5.74) is 4.42. The second kappa shape index (κ2) is 5.69. The van der Waals surface area contributed by atoms with Crippen LogP contribution in [0.1, 0.15) is 18.2 Å². The van der Waals surface area contributed by atoms with Crippen LogP contribution in [0, 0.1) is 6.92 Å². The molecule has 0 spiro atoms. The van der Waals surface area contributed by atoms with Crippen LogP contribution in [-0.2, 0) is 6.54 Å². The Morgan fingerprint density at radius 3 is 2.61 bits per heavy atom. The Hall–Kier alpha value is -1.81. The highest BCUT2D eigenvalue weighted by molar-refractivity contribution is 5.64. The van der Waals surface area contributed by atoms with Gasteiger partial charge in [-0.25, -0.2) is 0 Å². The zero-order valence-corrected chi connectivity index (χ0v) is 11.1. The van der Waals surface area contributed by atoms with Gasteiger partial charge in [0.15, 0.2) is 0 Å².